The van der Waals surface area contributed by atoms with Gasteiger partial charge in [-0.15, -0.1) is 0 Å². The molecule has 3 aromatic rings. The Bertz CT molecular complexity index is 1070. The first kappa shape index (κ1) is 21.7. The fourth-order valence-corrected chi connectivity index (χ4v) is 3.44. The van der Waals surface area contributed by atoms with Crippen molar-refractivity contribution in [2.45, 2.75) is 13.3 Å². The number of benzene rings is 1. The van der Waals surface area contributed by atoms with Gasteiger partial charge in [0.15, 0.2) is 11.5 Å². The van der Waals surface area contributed by atoms with Crippen molar-refractivity contribution in [3.05, 3.63) is 36.3 Å². The Hall–Kier alpha value is -3.53. The standard InChI is InChI=1S/C22H28N8O2/c1-5-19-25-21(28-22(26-19)30-12-10-29(2)11-13-30)27-20-23-9-8-16(24-20)15-6-7-17(31-3)18(14-15)32-4/h6-9,14H,5,10-13H2,1-4H3,(H,23,24,25,26,27,28). The van der Waals surface area contributed by atoms with Gasteiger partial charge in [-0.3, -0.25) is 5.32 Å². The predicted octanol–water partition coefficient (Wildman–Crippen LogP) is 2.40. The molecule has 10 nitrogen and oxygen atoms in total. The molecule has 1 fully saturated rings. The third-order valence-corrected chi connectivity index (χ3v) is 5.33. The third kappa shape index (κ3) is 4.86. The third-order valence-electron chi connectivity index (χ3n) is 5.33. The van der Waals surface area contributed by atoms with E-state index in [2.05, 4.69) is 47.1 Å². The lowest BCUT2D eigenvalue weighted by Crippen LogP contribution is -2.45. The molecule has 0 unspecified atom stereocenters. The maximum Gasteiger partial charge on any atom is 0.234 e. The molecule has 10 heteroatoms. The van der Waals surface area contributed by atoms with Gasteiger partial charge in [-0.05, 0) is 31.3 Å². The van der Waals surface area contributed by atoms with Crippen LogP contribution in [0.15, 0.2) is 30.5 Å². The van der Waals surface area contributed by atoms with Gasteiger partial charge in [0.2, 0.25) is 17.8 Å². The monoisotopic (exact) mass is 436 g/mol. The number of aromatic nitrogens is 5. The zero-order valence-corrected chi connectivity index (χ0v) is 18.9. The Morgan fingerprint density at radius 2 is 1.69 bits per heavy atom. The quantitative estimate of drug-likeness (QED) is 0.594. The van der Waals surface area contributed by atoms with E-state index in [4.69, 9.17) is 9.47 Å². The number of hydrogen-bond acceptors (Lipinski definition) is 10. The molecule has 1 N–H and O–H groups in total. The second kappa shape index (κ2) is 9.73. The van der Waals surface area contributed by atoms with Gasteiger partial charge in [0.25, 0.3) is 0 Å². The minimum atomic E-state index is 0.412. The minimum Gasteiger partial charge on any atom is -0.493 e. The number of aryl methyl sites for hydroxylation is 1. The molecule has 1 saturated heterocycles. The van der Waals surface area contributed by atoms with Crippen LogP contribution < -0.4 is 19.7 Å². The van der Waals surface area contributed by atoms with E-state index in [0.29, 0.717) is 35.8 Å². The highest BCUT2D eigenvalue weighted by atomic mass is 16.5. The van der Waals surface area contributed by atoms with E-state index in [-0.39, 0.29) is 0 Å². The number of piperazine rings is 1. The molecule has 4 rings (SSSR count). The van der Waals surface area contributed by atoms with Gasteiger partial charge >= 0.3 is 0 Å². The summed E-state index contributed by atoms with van der Waals surface area (Å²) in [6.07, 6.45) is 2.41. The zero-order chi connectivity index (χ0) is 22.5. The Kier molecular flexibility index (Phi) is 6.60. The molecular weight excluding hydrogens is 408 g/mol. The molecule has 32 heavy (non-hydrogen) atoms. The number of methoxy groups -OCH3 is 2. The molecule has 2 aromatic heterocycles. The van der Waals surface area contributed by atoms with E-state index in [1.54, 1.807) is 20.4 Å². The van der Waals surface area contributed by atoms with Gasteiger partial charge in [-0.2, -0.15) is 15.0 Å². The maximum atomic E-state index is 5.41. The average Bonchev–Trinajstić information content (AvgIpc) is 2.84. The number of nitrogens with one attached hydrogen (secondary N) is 1. The van der Waals surface area contributed by atoms with E-state index in [9.17, 15) is 0 Å². The Balaban J connectivity index is 1.59. The summed E-state index contributed by atoms with van der Waals surface area (Å²) in [5, 5.41) is 3.15. The molecular formula is C22H28N8O2. The van der Waals surface area contributed by atoms with Crippen molar-refractivity contribution in [2.24, 2.45) is 0 Å². The van der Waals surface area contributed by atoms with Crippen LogP contribution in [0.5, 0.6) is 11.5 Å². The summed E-state index contributed by atoms with van der Waals surface area (Å²) in [5.41, 5.74) is 1.63. The van der Waals surface area contributed by atoms with Crippen molar-refractivity contribution >= 4 is 17.8 Å². The number of anilines is 3. The molecule has 168 valence electrons. The van der Waals surface area contributed by atoms with E-state index in [1.807, 2.05) is 31.2 Å². The van der Waals surface area contributed by atoms with Gasteiger partial charge in [0.1, 0.15) is 5.82 Å². The first-order chi connectivity index (χ1) is 15.6. The second-order valence-corrected chi connectivity index (χ2v) is 7.48. The molecule has 1 aromatic carbocycles. The minimum absolute atomic E-state index is 0.412. The molecule has 1 aliphatic rings. The Morgan fingerprint density at radius 1 is 0.906 bits per heavy atom. The fraction of sp³-hybridized carbons (Fsp3) is 0.409. The summed E-state index contributed by atoms with van der Waals surface area (Å²) < 4.78 is 10.7. The van der Waals surface area contributed by atoms with Gasteiger partial charge in [0.05, 0.1) is 19.9 Å². The normalized spacial score (nSPS) is 14.3. The van der Waals surface area contributed by atoms with E-state index < -0.39 is 0 Å². The number of ether oxygens (including phenoxy) is 2. The van der Waals surface area contributed by atoms with Gasteiger partial charge < -0.3 is 19.3 Å². The van der Waals surface area contributed by atoms with Crippen molar-refractivity contribution in [2.75, 3.05) is 57.7 Å². The van der Waals surface area contributed by atoms with Crippen molar-refractivity contribution in [1.29, 1.82) is 0 Å². The fourth-order valence-electron chi connectivity index (χ4n) is 3.44. The van der Waals surface area contributed by atoms with Crippen LogP contribution in [0, 0.1) is 0 Å². The van der Waals surface area contributed by atoms with Crippen LogP contribution in [-0.4, -0.2) is 77.3 Å². The molecule has 0 bridgehead atoms. The van der Waals surface area contributed by atoms with Crippen molar-refractivity contribution in [3.8, 4) is 22.8 Å². The number of rotatable bonds is 7. The molecule has 0 amide bonds. The van der Waals surface area contributed by atoms with Crippen molar-refractivity contribution < 1.29 is 9.47 Å². The SMILES string of the molecule is CCc1nc(Nc2nccc(-c3ccc(OC)c(OC)c3)n2)nc(N2CCN(C)CC2)n1. The number of likely N-dealkylation sites (N-methyl/N-ethyl adjacent to an activating group) is 1. The zero-order valence-electron chi connectivity index (χ0n) is 18.9. The van der Waals surface area contributed by atoms with Crippen LogP contribution in [0.25, 0.3) is 11.3 Å². The molecule has 0 atom stereocenters. The summed E-state index contributed by atoms with van der Waals surface area (Å²) in [6, 6.07) is 7.50. The van der Waals surface area contributed by atoms with Crippen LogP contribution in [0.2, 0.25) is 0 Å². The molecule has 0 spiro atoms. The smallest absolute Gasteiger partial charge is 0.234 e. The lowest BCUT2D eigenvalue weighted by molar-refractivity contribution is 0.311. The Morgan fingerprint density at radius 3 is 2.41 bits per heavy atom. The number of hydrogen-bond donors (Lipinski definition) is 1. The van der Waals surface area contributed by atoms with Gasteiger partial charge in [0, 0.05) is 44.4 Å². The highest BCUT2D eigenvalue weighted by Gasteiger charge is 2.18. The molecule has 1 aliphatic heterocycles. The van der Waals surface area contributed by atoms with E-state index in [1.165, 1.54) is 0 Å². The van der Waals surface area contributed by atoms with Crippen LogP contribution >= 0.6 is 0 Å². The Labute approximate surface area is 187 Å². The first-order valence-corrected chi connectivity index (χ1v) is 10.6. The average molecular weight is 437 g/mol. The van der Waals surface area contributed by atoms with Crippen LogP contribution in [0.3, 0.4) is 0 Å². The molecule has 0 radical (unpaired) electrons. The highest BCUT2D eigenvalue weighted by Crippen LogP contribution is 2.31. The van der Waals surface area contributed by atoms with Crippen LogP contribution in [0.1, 0.15) is 12.7 Å². The van der Waals surface area contributed by atoms with Gasteiger partial charge in [-0.25, -0.2) is 9.97 Å². The largest absolute Gasteiger partial charge is 0.493 e. The summed E-state index contributed by atoms with van der Waals surface area (Å²) in [7, 11) is 5.34. The molecule has 0 saturated carbocycles. The highest BCUT2D eigenvalue weighted by molar-refractivity contribution is 5.65. The van der Waals surface area contributed by atoms with Crippen LogP contribution in [-0.2, 0) is 6.42 Å². The summed E-state index contributed by atoms with van der Waals surface area (Å²) >= 11 is 0. The lowest BCUT2D eigenvalue weighted by atomic mass is 10.1. The summed E-state index contributed by atoms with van der Waals surface area (Å²) in [5.74, 6) is 3.57. The van der Waals surface area contributed by atoms with Crippen LogP contribution in [0.4, 0.5) is 17.8 Å². The first-order valence-electron chi connectivity index (χ1n) is 10.6. The van der Waals surface area contributed by atoms with E-state index in [0.717, 1.165) is 43.3 Å². The maximum absolute atomic E-state index is 5.41. The summed E-state index contributed by atoms with van der Waals surface area (Å²) in [4.78, 5) is 27.2. The lowest BCUT2D eigenvalue weighted by Gasteiger charge is -2.32. The van der Waals surface area contributed by atoms with E-state index >= 15 is 0 Å². The second-order valence-electron chi connectivity index (χ2n) is 7.48. The number of nitrogens with zero attached hydrogens (tertiary/aromatic N) is 7. The van der Waals surface area contributed by atoms with Crippen molar-refractivity contribution in [3.63, 3.8) is 0 Å². The van der Waals surface area contributed by atoms with Crippen molar-refractivity contribution in [1.82, 2.24) is 29.8 Å². The molecule has 3 heterocycles. The van der Waals surface area contributed by atoms with Gasteiger partial charge in [-0.1, -0.05) is 6.92 Å². The summed E-state index contributed by atoms with van der Waals surface area (Å²) in [6.45, 7) is 5.75. The molecule has 0 aliphatic carbocycles. The topological polar surface area (TPSA) is 101 Å². The predicted molar refractivity (Wildman–Crippen MR) is 123 cm³/mol.